The fourth-order valence-electron chi connectivity index (χ4n) is 1.80. The second kappa shape index (κ2) is 6.70. The van der Waals surface area contributed by atoms with Crippen molar-refractivity contribution in [2.75, 3.05) is 20.3 Å². The average molecular weight is 274 g/mol. The van der Waals surface area contributed by atoms with Gasteiger partial charge in [0.1, 0.15) is 24.7 Å². The molecule has 1 N–H and O–H groups in total. The third kappa shape index (κ3) is 3.35. The molecule has 0 aliphatic carbocycles. The third-order valence-corrected chi connectivity index (χ3v) is 2.92. The maximum atomic E-state index is 9.58. The summed E-state index contributed by atoms with van der Waals surface area (Å²) >= 11 is 0. The number of benzene rings is 2. The second-order valence-electron chi connectivity index (χ2n) is 4.25. The van der Waals surface area contributed by atoms with Gasteiger partial charge in [-0.1, -0.05) is 18.2 Å². The number of ether oxygens (including phenoxy) is 3. The van der Waals surface area contributed by atoms with E-state index in [0.717, 1.165) is 5.56 Å². The monoisotopic (exact) mass is 274 g/mol. The Balaban J connectivity index is 1.86. The zero-order valence-electron chi connectivity index (χ0n) is 11.6. The molecular formula is C16H18O4. The molecule has 0 heterocycles. The van der Waals surface area contributed by atoms with Crippen LogP contribution in [-0.2, 0) is 0 Å². The van der Waals surface area contributed by atoms with Gasteiger partial charge in [0.05, 0.1) is 7.11 Å². The van der Waals surface area contributed by atoms with Crippen molar-refractivity contribution < 1.29 is 19.3 Å². The zero-order valence-corrected chi connectivity index (χ0v) is 11.6. The fraction of sp³-hybridized carbons (Fsp3) is 0.250. The molecule has 0 atom stereocenters. The van der Waals surface area contributed by atoms with Gasteiger partial charge in [-0.3, -0.25) is 0 Å². The normalized spacial score (nSPS) is 10.1. The van der Waals surface area contributed by atoms with E-state index in [0.29, 0.717) is 30.5 Å². The van der Waals surface area contributed by atoms with Crippen LogP contribution in [0.5, 0.6) is 23.0 Å². The van der Waals surface area contributed by atoms with Gasteiger partial charge in [-0.05, 0) is 31.2 Å². The highest BCUT2D eigenvalue weighted by molar-refractivity contribution is 5.42. The summed E-state index contributed by atoms with van der Waals surface area (Å²) in [5.41, 5.74) is 0.727. The van der Waals surface area contributed by atoms with Crippen LogP contribution >= 0.6 is 0 Å². The molecule has 4 nitrogen and oxygen atoms in total. The van der Waals surface area contributed by atoms with Crippen molar-refractivity contribution in [2.45, 2.75) is 6.92 Å². The number of para-hydroxylation sites is 2. The van der Waals surface area contributed by atoms with Gasteiger partial charge < -0.3 is 19.3 Å². The van der Waals surface area contributed by atoms with Crippen LogP contribution in [0.3, 0.4) is 0 Å². The maximum absolute atomic E-state index is 9.58. The molecule has 106 valence electrons. The van der Waals surface area contributed by atoms with Gasteiger partial charge in [-0.25, -0.2) is 0 Å². The van der Waals surface area contributed by atoms with E-state index < -0.39 is 0 Å². The SMILES string of the molecule is COc1ccccc1OCCOc1cccc(O)c1C. The Morgan fingerprint density at radius 2 is 1.45 bits per heavy atom. The van der Waals surface area contributed by atoms with E-state index in [-0.39, 0.29) is 5.75 Å². The molecule has 0 bridgehead atoms. The molecule has 4 heteroatoms. The first-order chi connectivity index (χ1) is 9.72. The van der Waals surface area contributed by atoms with Crippen LogP contribution in [-0.4, -0.2) is 25.4 Å². The Kier molecular flexibility index (Phi) is 4.71. The number of hydrogen-bond donors (Lipinski definition) is 1. The van der Waals surface area contributed by atoms with Crippen molar-refractivity contribution >= 4 is 0 Å². The third-order valence-electron chi connectivity index (χ3n) is 2.92. The van der Waals surface area contributed by atoms with Crippen molar-refractivity contribution in [3.05, 3.63) is 48.0 Å². The van der Waals surface area contributed by atoms with E-state index >= 15 is 0 Å². The number of rotatable bonds is 6. The lowest BCUT2D eigenvalue weighted by atomic mass is 10.2. The zero-order chi connectivity index (χ0) is 14.4. The summed E-state index contributed by atoms with van der Waals surface area (Å²) in [4.78, 5) is 0. The molecule has 0 spiro atoms. The van der Waals surface area contributed by atoms with E-state index in [4.69, 9.17) is 14.2 Å². The lowest BCUT2D eigenvalue weighted by molar-refractivity contribution is 0.210. The van der Waals surface area contributed by atoms with E-state index in [1.807, 2.05) is 37.3 Å². The van der Waals surface area contributed by atoms with Crippen LogP contribution < -0.4 is 14.2 Å². The minimum atomic E-state index is 0.230. The molecule has 0 aliphatic rings. The lowest BCUT2D eigenvalue weighted by Crippen LogP contribution is -2.10. The highest BCUT2D eigenvalue weighted by Crippen LogP contribution is 2.27. The predicted molar refractivity (Wildman–Crippen MR) is 76.8 cm³/mol. The number of aromatic hydroxyl groups is 1. The molecule has 0 saturated heterocycles. The minimum Gasteiger partial charge on any atom is -0.508 e. The van der Waals surface area contributed by atoms with Crippen LogP contribution in [0, 0.1) is 6.92 Å². The summed E-state index contributed by atoms with van der Waals surface area (Å²) in [5.74, 6) is 2.27. The fourth-order valence-corrected chi connectivity index (χ4v) is 1.80. The Hall–Kier alpha value is -2.36. The first-order valence-corrected chi connectivity index (χ1v) is 6.39. The molecule has 2 aromatic carbocycles. The average Bonchev–Trinajstić information content (AvgIpc) is 2.48. The first-order valence-electron chi connectivity index (χ1n) is 6.39. The smallest absolute Gasteiger partial charge is 0.161 e. The molecule has 0 aliphatic heterocycles. The van der Waals surface area contributed by atoms with Gasteiger partial charge in [0.15, 0.2) is 11.5 Å². The molecule has 0 saturated carbocycles. The standard InChI is InChI=1S/C16H18O4/c1-12-13(17)6-5-9-14(12)19-10-11-20-16-8-4-3-7-15(16)18-2/h3-9,17H,10-11H2,1-2H3. The van der Waals surface area contributed by atoms with Gasteiger partial charge in [0.25, 0.3) is 0 Å². The molecular weight excluding hydrogens is 256 g/mol. The quantitative estimate of drug-likeness (QED) is 0.822. The van der Waals surface area contributed by atoms with E-state index in [1.165, 1.54) is 0 Å². The highest BCUT2D eigenvalue weighted by atomic mass is 16.5. The second-order valence-corrected chi connectivity index (χ2v) is 4.25. The van der Waals surface area contributed by atoms with Gasteiger partial charge >= 0.3 is 0 Å². The molecule has 2 rings (SSSR count). The van der Waals surface area contributed by atoms with Crippen LogP contribution in [0.25, 0.3) is 0 Å². The van der Waals surface area contributed by atoms with Crippen LogP contribution in [0.15, 0.2) is 42.5 Å². The van der Waals surface area contributed by atoms with Gasteiger partial charge in [0.2, 0.25) is 0 Å². The highest BCUT2D eigenvalue weighted by Gasteiger charge is 2.05. The minimum absolute atomic E-state index is 0.230. The Bertz CT molecular complexity index is 566. The molecule has 2 aromatic rings. The molecule has 0 fully saturated rings. The maximum Gasteiger partial charge on any atom is 0.161 e. The van der Waals surface area contributed by atoms with E-state index in [2.05, 4.69) is 0 Å². The van der Waals surface area contributed by atoms with Crippen LogP contribution in [0.2, 0.25) is 0 Å². The first kappa shape index (κ1) is 14.1. The van der Waals surface area contributed by atoms with Crippen molar-refractivity contribution in [2.24, 2.45) is 0 Å². The summed E-state index contributed by atoms with van der Waals surface area (Å²) in [6.45, 7) is 2.60. The Morgan fingerprint density at radius 3 is 2.15 bits per heavy atom. The molecule has 0 amide bonds. The molecule has 0 aromatic heterocycles. The number of hydrogen-bond acceptors (Lipinski definition) is 4. The summed E-state index contributed by atoms with van der Waals surface area (Å²) in [7, 11) is 1.61. The van der Waals surface area contributed by atoms with E-state index in [9.17, 15) is 5.11 Å². The molecule has 20 heavy (non-hydrogen) atoms. The molecule has 0 unspecified atom stereocenters. The molecule has 0 radical (unpaired) electrons. The van der Waals surface area contributed by atoms with E-state index in [1.54, 1.807) is 19.2 Å². The van der Waals surface area contributed by atoms with Gasteiger partial charge in [-0.2, -0.15) is 0 Å². The summed E-state index contributed by atoms with van der Waals surface area (Å²) in [6, 6.07) is 12.7. The van der Waals surface area contributed by atoms with Gasteiger partial charge in [-0.15, -0.1) is 0 Å². The number of methoxy groups -OCH3 is 1. The Morgan fingerprint density at radius 1 is 0.850 bits per heavy atom. The predicted octanol–water partition coefficient (Wildman–Crippen LogP) is 3.17. The van der Waals surface area contributed by atoms with Crippen molar-refractivity contribution in [1.82, 2.24) is 0 Å². The summed E-state index contributed by atoms with van der Waals surface area (Å²) < 4.78 is 16.4. The van der Waals surface area contributed by atoms with Gasteiger partial charge in [0, 0.05) is 5.56 Å². The Labute approximate surface area is 118 Å². The lowest BCUT2D eigenvalue weighted by Gasteiger charge is -2.12. The van der Waals surface area contributed by atoms with Crippen molar-refractivity contribution in [3.63, 3.8) is 0 Å². The van der Waals surface area contributed by atoms with Crippen molar-refractivity contribution in [1.29, 1.82) is 0 Å². The topological polar surface area (TPSA) is 47.9 Å². The number of phenols is 1. The number of phenolic OH excluding ortho intramolecular Hbond substituents is 1. The summed E-state index contributed by atoms with van der Waals surface area (Å²) in [6.07, 6.45) is 0. The summed E-state index contributed by atoms with van der Waals surface area (Å²) in [5, 5.41) is 9.58. The van der Waals surface area contributed by atoms with Crippen LogP contribution in [0.1, 0.15) is 5.56 Å². The van der Waals surface area contributed by atoms with Crippen LogP contribution in [0.4, 0.5) is 0 Å². The van der Waals surface area contributed by atoms with Crippen molar-refractivity contribution in [3.8, 4) is 23.0 Å². The largest absolute Gasteiger partial charge is 0.508 e.